The number of benzene rings is 1. The van der Waals surface area contributed by atoms with Crippen molar-refractivity contribution in [2.75, 3.05) is 27.2 Å². The average molecular weight is 532 g/mol. The van der Waals surface area contributed by atoms with Crippen molar-refractivity contribution in [3.05, 3.63) is 46.7 Å². The molecule has 0 saturated carbocycles. The molecule has 0 aliphatic heterocycles. The fourth-order valence-electron chi connectivity index (χ4n) is 2.40. The molecule has 156 valence electrons. The molecule has 0 amide bonds. The van der Waals surface area contributed by atoms with Gasteiger partial charge in [0.05, 0.1) is 6.54 Å². The summed E-state index contributed by atoms with van der Waals surface area (Å²) in [6.07, 6.45) is -3.16. The highest BCUT2D eigenvalue weighted by Gasteiger charge is 2.36. The number of nitrogens with one attached hydrogen (secondary N) is 1. The highest BCUT2D eigenvalue weighted by atomic mass is 127. The third kappa shape index (κ3) is 7.04. The number of alkyl halides is 3. The number of likely N-dealkylation sites (N-methyl/N-ethyl adjacent to an activating group) is 1. The number of aryl methyl sites for hydroxylation is 1. The molecule has 1 aromatic carbocycles. The van der Waals surface area contributed by atoms with Crippen LogP contribution < -0.4 is 10.1 Å². The maximum absolute atomic E-state index is 13.0. The molecular formula is C17H22ClF3IN5O. The Labute approximate surface area is 183 Å². The van der Waals surface area contributed by atoms with Gasteiger partial charge in [0.25, 0.3) is 0 Å². The summed E-state index contributed by atoms with van der Waals surface area (Å²) in [5.41, 5.74) is -0.848. The molecule has 11 heteroatoms. The summed E-state index contributed by atoms with van der Waals surface area (Å²) in [7, 11) is 4.79. The number of hydrogen-bond donors (Lipinski definition) is 1. The smallest absolute Gasteiger partial charge is 0.435 e. The van der Waals surface area contributed by atoms with Crippen LogP contribution in [0, 0.1) is 0 Å². The van der Waals surface area contributed by atoms with E-state index >= 15 is 0 Å². The van der Waals surface area contributed by atoms with Crippen molar-refractivity contribution in [2.24, 2.45) is 12.0 Å². The first-order valence-corrected chi connectivity index (χ1v) is 8.48. The van der Waals surface area contributed by atoms with Gasteiger partial charge in [0.15, 0.2) is 11.7 Å². The van der Waals surface area contributed by atoms with Crippen LogP contribution in [0.3, 0.4) is 0 Å². The van der Waals surface area contributed by atoms with Crippen LogP contribution in [0.25, 0.3) is 0 Å². The van der Waals surface area contributed by atoms with Crippen molar-refractivity contribution in [2.45, 2.75) is 12.7 Å². The van der Waals surface area contributed by atoms with Crippen LogP contribution in [-0.2, 0) is 19.8 Å². The van der Waals surface area contributed by atoms with Crippen molar-refractivity contribution >= 4 is 41.5 Å². The van der Waals surface area contributed by atoms with Crippen molar-refractivity contribution in [3.63, 3.8) is 0 Å². The number of ether oxygens (including phenoxy) is 1. The molecule has 6 nitrogen and oxygen atoms in total. The van der Waals surface area contributed by atoms with E-state index in [4.69, 9.17) is 16.3 Å². The number of hydrogen-bond acceptors (Lipinski definition) is 3. The lowest BCUT2D eigenvalue weighted by atomic mass is 10.2. The number of guanidine groups is 1. The largest absolute Gasteiger partial charge is 0.492 e. The summed E-state index contributed by atoms with van der Waals surface area (Å²) in [5.74, 6) is 1.13. The van der Waals surface area contributed by atoms with Crippen LogP contribution >= 0.6 is 35.6 Å². The second-order valence-corrected chi connectivity index (χ2v) is 6.24. The van der Waals surface area contributed by atoms with Crippen molar-refractivity contribution in [1.82, 2.24) is 20.0 Å². The van der Waals surface area contributed by atoms with Gasteiger partial charge in [-0.1, -0.05) is 11.6 Å². The van der Waals surface area contributed by atoms with Gasteiger partial charge in [-0.15, -0.1) is 24.0 Å². The topological polar surface area (TPSA) is 54.7 Å². The molecule has 1 aromatic heterocycles. The van der Waals surface area contributed by atoms with Crippen LogP contribution in [0.5, 0.6) is 5.75 Å². The van der Waals surface area contributed by atoms with E-state index in [-0.39, 0.29) is 36.1 Å². The Balaban J connectivity index is 0.00000392. The van der Waals surface area contributed by atoms with Gasteiger partial charge >= 0.3 is 6.18 Å². The minimum atomic E-state index is -4.50. The van der Waals surface area contributed by atoms with Gasteiger partial charge in [-0.3, -0.25) is 9.67 Å². The maximum Gasteiger partial charge on any atom is 0.435 e. The first kappa shape index (κ1) is 24.3. The van der Waals surface area contributed by atoms with Crippen LogP contribution in [0.4, 0.5) is 13.2 Å². The van der Waals surface area contributed by atoms with Crippen LogP contribution in [0.2, 0.25) is 5.02 Å². The molecule has 0 unspecified atom stereocenters. The van der Waals surface area contributed by atoms with E-state index in [0.717, 1.165) is 4.68 Å². The highest BCUT2D eigenvalue weighted by Crippen LogP contribution is 2.30. The maximum atomic E-state index is 13.0. The third-order valence-corrected chi connectivity index (χ3v) is 3.94. The molecule has 0 aliphatic rings. The second kappa shape index (κ2) is 10.7. The van der Waals surface area contributed by atoms with Crippen LogP contribution in [-0.4, -0.2) is 47.9 Å². The van der Waals surface area contributed by atoms with Crippen LogP contribution in [0.1, 0.15) is 11.3 Å². The fourth-order valence-corrected chi connectivity index (χ4v) is 2.53. The van der Waals surface area contributed by atoms with Gasteiger partial charge in [-0.2, -0.15) is 18.3 Å². The van der Waals surface area contributed by atoms with Gasteiger partial charge < -0.3 is 15.0 Å². The Morgan fingerprint density at radius 1 is 1.32 bits per heavy atom. The molecule has 1 heterocycles. The van der Waals surface area contributed by atoms with E-state index in [1.165, 1.54) is 13.2 Å². The summed E-state index contributed by atoms with van der Waals surface area (Å²) < 4.78 is 45.8. The minimum absolute atomic E-state index is 0. The van der Waals surface area contributed by atoms with E-state index in [1.807, 2.05) is 0 Å². The lowest BCUT2D eigenvalue weighted by molar-refractivity contribution is -0.142. The van der Waals surface area contributed by atoms with Gasteiger partial charge in [-0.25, -0.2) is 0 Å². The quantitative estimate of drug-likeness (QED) is 0.350. The summed E-state index contributed by atoms with van der Waals surface area (Å²) >= 11 is 5.82. The average Bonchev–Trinajstić information content (AvgIpc) is 2.98. The number of nitrogens with zero attached hydrogens (tertiary/aromatic N) is 4. The Morgan fingerprint density at radius 3 is 2.54 bits per heavy atom. The van der Waals surface area contributed by atoms with E-state index in [2.05, 4.69) is 15.4 Å². The molecule has 0 saturated heterocycles. The third-order valence-electron chi connectivity index (χ3n) is 3.69. The van der Waals surface area contributed by atoms with E-state index in [9.17, 15) is 13.2 Å². The summed E-state index contributed by atoms with van der Waals surface area (Å²) in [4.78, 5) is 5.85. The highest BCUT2D eigenvalue weighted by molar-refractivity contribution is 14.0. The van der Waals surface area contributed by atoms with Gasteiger partial charge in [-0.05, 0) is 24.3 Å². The summed E-state index contributed by atoms with van der Waals surface area (Å²) in [6, 6.07) is 6.98. The number of aromatic nitrogens is 2. The molecule has 0 atom stereocenters. The summed E-state index contributed by atoms with van der Waals surface area (Å²) in [5, 5.41) is 7.03. The Hall–Kier alpha value is -1.69. The molecule has 0 bridgehead atoms. The monoisotopic (exact) mass is 531 g/mol. The van der Waals surface area contributed by atoms with E-state index < -0.39 is 11.9 Å². The molecule has 1 N–H and O–H groups in total. The zero-order valence-corrected chi connectivity index (χ0v) is 18.7. The van der Waals surface area contributed by atoms with E-state index in [1.54, 1.807) is 43.3 Å². The summed E-state index contributed by atoms with van der Waals surface area (Å²) in [6.45, 7) is 0.818. The Kier molecular flexibility index (Phi) is 9.34. The Morgan fingerprint density at radius 2 is 1.96 bits per heavy atom. The molecule has 0 aliphatic carbocycles. The second-order valence-electron chi connectivity index (χ2n) is 5.80. The fraction of sp³-hybridized carbons (Fsp3) is 0.412. The van der Waals surface area contributed by atoms with Crippen molar-refractivity contribution in [3.8, 4) is 5.75 Å². The number of halogens is 5. The lowest BCUT2D eigenvalue weighted by Crippen LogP contribution is -2.40. The SMILES string of the molecule is CN=C(NCc1cn(C)nc1C(F)(F)F)N(C)CCOc1ccc(Cl)cc1.I. The molecule has 28 heavy (non-hydrogen) atoms. The first-order chi connectivity index (χ1) is 12.7. The molecule has 0 spiro atoms. The number of rotatable bonds is 6. The molecule has 2 aromatic rings. The zero-order valence-electron chi connectivity index (χ0n) is 15.6. The van der Waals surface area contributed by atoms with Gasteiger partial charge in [0, 0.05) is 44.5 Å². The molecule has 0 fully saturated rings. The molecular weight excluding hydrogens is 510 g/mol. The zero-order chi connectivity index (χ0) is 20.0. The molecule has 0 radical (unpaired) electrons. The standard InChI is InChI=1S/C17H21ClF3N5O.HI/c1-22-16(23-10-12-11-26(3)24-15(12)17(19,20)21)25(2)8-9-27-14-6-4-13(18)5-7-14;/h4-7,11H,8-10H2,1-3H3,(H,22,23);1H. The number of aliphatic imine (C=N–C) groups is 1. The first-order valence-electron chi connectivity index (χ1n) is 8.10. The molecule has 2 rings (SSSR count). The van der Waals surface area contributed by atoms with Gasteiger partial charge in [0.2, 0.25) is 0 Å². The van der Waals surface area contributed by atoms with Crippen LogP contribution in [0.15, 0.2) is 35.5 Å². The van der Waals surface area contributed by atoms with Crippen molar-refractivity contribution < 1.29 is 17.9 Å². The van der Waals surface area contributed by atoms with Crippen molar-refractivity contribution in [1.29, 1.82) is 0 Å². The van der Waals surface area contributed by atoms with E-state index in [0.29, 0.717) is 29.9 Å². The normalized spacial score (nSPS) is 11.8. The lowest BCUT2D eigenvalue weighted by Gasteiger charge is -2.22. The predicted molar refractivity (Wildman–Crippen MR) is 113 cm³/mol. The Bertz CT molecular complexity index is 780. The predicted octanol–water partition coefficient (Wildman–Crippen LogP) is 3.80. The minimum Gasteiger partial charge on any atom is -0.492 e. The van der Waals surface area contributed by atoms with Gasteiger partial charge in [0.1, 0.15) is 12.4 Å².